The Morgan fingerprint density at radius 1 is 1.38 bits per heavy atom. The van der Waals surface area contributed by atoms with Gasteiger partial charge in [-0.25, -0.2) is 0 Å². The molecule has 1 aromatic carbocycles. The predicted molar refractivity (Wildman–Crippen MR) is 68.5 cm³/mol. The quantitative estimate of drug-likeness (QED) is 0.712. The first-order valence-electron chi connectivity index (χ1n) is 6.16. The van der Waals surface area contributed by atoms with Gasteiger partial charge in [-0.1, -0.05) is 18.6 Å². The Labute approximate surface area is 103 Å². The van der Waals surface area contributed by atoms with E-state index in [0.29, 0.717) is 11.3 Å². The van der Waals surface area contributed by atoms with Gasteiger partial charge in [0.1, 0.15) is 5.75 Å². The second-order valence-corrected chi connectivity index (χ2v) is 5.08. The van der Waals surface area contributed by atoms with Gasteiger partial charge in [0.15, 0.2) is 0 Å². The zero-order valence-corrected chi connectivity index (χ0v) is 10.5. The van der Waals surface area contributed by atoms with E-state index in [-0.39, 0.29) is 0 Å². The largest absolute Gasteiger partial charge is 0.494 e. The third-order valence-electron chi connectivity index (χ3n) is 3.25. The maximum absolute atomic E-state index is 6.23. The summed E-state index contributed by atoms with van der Waals surface area (Å²) in [7, 11) is 0. The number of hydrogen-bond donors (Lipinski definition) is 0. The van der Waals surface area contributed by atoms with Crippen molar-refractivity contribution in [1.29, 1.82) is 0 Å². The summed E-state index contributed by atoms with van der Waals surface area (Å²) in [6.07, 6.45) is 4.79. The van der Waals surface area contributed by atoms with Gasteiger partial charge in [0.2, 0.25) is 0 Å². The molecule has 2 unspecified atom stereocenters. The van der Waals surface area contributed by atoms with Gasteiger partial charge >= 0.3 is 0 Å². The van der Waals surface area contributed by atoms with Crippen LogP contribution in [0.15, 0.2) is 24.3 Å². The predicted octanol–water partition coefficient (Wildman–Crippen LogP) is 4.35. The van der Waals surface area contributed by atoms with Crippen LogP contribution < -0.4 is 4.74 Å². The van der Waals surface area contributed by atoms with Crippen LogP contribution in [0.3, 0.4) is 0 Å². The summed E-state index contributed by atoms with van der Waals surface area (Å²) >= 11 is 6.23. The molecular formula is C14H19ClO. The molecule has 1 aliphatic carbocycles. The Balaban J connectivity index is 2.09. The molecule has 0 spiro atoms. The van der Waals surface area contributed by atoms with Crippen LogP contribution in [0.4, 0.5) is 0 Å². The SMILES string of the molecule is CCOc1cccc(C2CCCC(Cl)C2)c1. The summed E-state index contributed by atoms with van der Waals surface area (Å²) in [5, 5.41) is 0.356. The molecule has 88 valence electrons. The van der Waals surface area contributed by atoms with Gasteiger partial charge in [-0.3, -0.25) is 0 Å². The minimum Gasteiger partial charge on any atom is -0.494 e. The number of benzene rings is 1. The number of halogens is 1. The van der Waals surface area contributed by atoms with Crippen molar-refractivity contribution in [3.05, 3.63) is 29.8 Å². The fourth-order valence-electron chi connectivity index (χ4n) is 2.46. The van der Waals surface area contributed by atoms with E-state index in [2.05, 4.69) is 18.2 Å². The van der Waals surface area contributed by atoms with Crippen LogP contribution in [-0.4, -0.2) is 12.0 Å². The van der Waals surface area contributed by atoms with Gasteiger partial charge in [-0.2, -0.15) is 0 Å². The lowest BCUT2D eigenvalue weighted by molar-refractivity contribution is 0.339. The molecule has 1 aliphatic rings. The summed E-state index contributed by atoms with van der Waals surface area (Å²) in [4.78, 5) is 0. The monoisotopic (exact) mass is 238 g/mol. The molecule has 2 atom stereocenters. The van der Waals surface area contributed by atoms with Crippen molar-refractivity contribution in [3.63, 3.8) is 0 Å². The van der Waals surface area contributed by atoms with Crippen LogP contribution in [-0.2, 0) is 0 Å². The number of rotatable bonds is 3. The highest BCUT2D eigenvalue weighted by Crippen LogP contribution is 2.36. The molecule has 1 aromatic rings. The van der Waals surface area contributed by atoms with Gasteiger partial charge in [-0.05, 0) is 49.8 Å². The second-order valence-electron chi connectivity index (χ2n) is 4.47. The smallest absolute Gasteiger partial charge is 0.119 e. The Kier molecular flexibility index (Phi) is 4.11. The van der Waals surface area contributed by atoms with Gasteiger partial charge in [0, 0.05) is 5.38 Å². The maximum atomic E-state index is 6.23. The zero-order chi connectivity index (χ0) is 11.4. The molecule has 2 rings (SSSR count). The molecule has 1 fully saturated rings. The maximum Gasteiger partial charge on any atom is 0.119 e. The molecule has 2 heteroatoms. The van der Waals surface area contributed by atoms with Crippen molar-refractivity contribution in [3.8, 4) is 5.75 Å². The molecular weight excluding hydrogens is 220 g/mol. The van der Waals surface area contributed by atoms with Crippen molar-refractivity contribution in [2.75, 3.05) is 6.61 Å². The Hall–Kier alpha value is -0.690. The number of alkyl halides is 1. The molecule has 0 amide bonds. The molecule has 0 aliphatic heterocycles. The van der Waals surface area contributed by atoms with Crippen LogP contribution in [0, 0.1) is 0 Å². The topological polar surface area (TPSA) is 9.23 Å². The molecule has 16 heavy (non-hydrogen) atoms. The van der Waals surface area contributed by atoms with E-state index in [0.717, 1.165) is 18.8 Å². The second kappa shape index (κ2) is 5.58. The normalized spacial score (nSPS) is 25.4. The molecule has 0 radical (unpaired) electrons. The van der Waals surface area contributed by atoms with E-state index in [1.54, 1.807) is 0 Å². The zero-order valence-electron chi connectivity index (χ0n) is 9.79. The van der Waals surface area contributed by atoms with Crippen molar-refractivity contribution < 1.29 is 4.74 Å². The Morgan fingerprint density at radius 2 is 2.25 bits per heavy atom. The first-order valence-corrected chi connectivity index (χ1v) is 6.60. The summed E-state index contributed by atoms with van der Waals surface area (Å²) in [6, 6.07) is 8.47. The molecule has 0 aromatic heterocycles. The third-order valence-corrected chi connectivity index (χ3v) is 3.65. The lowest BCUT2D eigenvalue weighted by Gasteiger charge is -2.26. The van der Waals surface area contributed by atoms with E-state index in [1.807, 2.05) is 13.0 Å². The molecule has 1 nitrogen and oxygen atoms in total. The van der Waals surface area contributed by atoms with Crippen LogP contribution in [0.1, 0.15) is 44.1 Å². The van der Waals surface area contributed by atoms with Gasteiger partial charge < -0.3 is 4.74 Å². The molecule has 0 N–H and O–H groups in total. The van der Waals surface area contributed by atoms with E-state index in [4.69, 9.17) is 16.3 Å². The van der Waals surface area contributed by atoms with Crippen LogP contribution in [0.5, 0.6) is 5.75 Å². The van der Waals surface area contributed by atoms with Crippen molar-refractivity contribution in [2.24, 2.45) is 0 Å². The fraction of sp³-hybridized carbons (Fsp3) is 0.571. The molecule has 0 saturated heterocycles. The van der Waals surface area contributed by atoms with E-state index in [9.17, 15) is 0 Å². The van der Waals surface area contributed by atoms with Gasteiger partial charge in [0.05, 0.1) is 6.61 Å². The van der Waals surface area contributed by atoms with Crippen molar-refractivity contribution in [2.45, 2.75) is 43.9 Å². The van der Waals surface area contributed by atoms with E-state index in [1.165, 1.54) is 24.8 Å². The first-order chi connectivity index (χ1) is 7.79. The summed E-state index contributed by atoms with van der Waals surface area (Å²) < 4.78 is 5.53. The number of hydrogen-bond acceptors (Lipinski definition) is 1. The van der Waals surface area contributed by atoms with Crippen LogP contribution in [0.2, 0.25) is 0 Å². The lowest BCUT2D eigenvalue weighted by Crippen LogP contribution is -2.13. The summed E-state index contributed by atoms with van der Waals surface area (Å²) in [6.45, 7) is 2.74. The minimum absolute atomic E-state index is 0.356. The van der Waals surface area contributed by atoms with Gasteiger partial charge in [-0.15, -0.1) is 11.6 Å². The van der Waals surface area contributed by atoms with Crippen molar-refractivity contribution in [1.82, 2.24) is 0 Å². The van der Waals surface area contributed by atoms with E-state index < -0.39 is 0 Å². The molecule has 0 heterocycles. The number of ether oxygens (including phenoxy) is 1. The Morgan fingerprint density at radius 3 is 3.00 bits per heavy atom. The highest BCUT2D eigenvalue weighted by Gasteiger charge is 2.21. The molecule has 1 saturated carbocycles. The highest BCUT2D eigenvalue weighted by atomic mass is 35.5. The minimum atomic E-state index is 0.356. The average Bonchev–Trinajstić information content (AvgIpc) is 2.30. The highest BCUT2D eigenvalue weighted by molar-refractivity contribution is 6.20. The van der Waals surface area contributed by atoms with Crippen LogP contribution >= 0.6 is 11.6 Å². The fourth-order valence-corrected chi connectivity index (χ4v) is 2.83. The lowest BCUT2D eigenvalue weighted by atomic mass is 9.84. The van der Waals surface area contributed by atoms with E-state index >= 15 is 0 Å². The van der Waals surface area contributed by atoms with Gasteiger partial charge in [0.25, 0.3) is 0 Å². The average molecular weight is 239 g/mol. The Bertz CT molecular complexity index is 337. The summed E-state index contributed by atoms with van der Waals surface area (Å²) in [5.41, 5.74) is 1.39. The molecule has 0 bridgehead atoms. The van der Waals surface area contributed by atoms with Crippen LogP contribution in [0.25, 0.3) is 0 Å². The van der Waals surface area contributed by atoms with Crippen molar-refractivity contribution >= 4 is 11.6 Å². The first kappa shape index (κ1) is 11.8. The standard InChI is InChI=1S/C14H19ClO/c1-2-16-14-8-4-6-12(10-14)11-5-3-7-13(15)9-11/h4,6,8,10-11,13H,2-3,5,7,9H2,1H3. The summed E-state index contributed by atoms with van der Waals surface area (Å²) in [5.74, 6) is 1.60. The third kappa shape index (κ3) is 2.91.